The van der Waals surface area contributed by atoms with Crippen LogP contribution in [-0.2, 0) is 6.54 Å². The van der Waals surface area contributed by atoms with E-state index < -0.39 is 0 Å². The van der Waals surface area contributed by atoms with E-state index in [2.05, 4.69) is 27.3 Å². The van der Waals surface area contributed by atoms with Gasteiger partial charge in [0, 0.05) is 11.0 Å². The van der Waals surface area contributed by atoms with Gasteiger partial charge in [-0.15, -0.1) is 0 Å². The third-order valence-corrected chi connectivity index (χ3v) is 3.69. The van der Waals surface area contributed by atoms with Crippen molar-refractivity contribution in [3.63, 3.8) is 0 Å². The molecule has 0 radical (unpaired) electrons. The van der Waals surface area contributed by atoms with Gasteiger partial charge in [0.1, 0.15) is 0 Å². The summed E-state index contributed by atoms with van der Waals surface area (Å²) in [6, 6.07) is 13.5. The normalized spacial score (nSPS) is 10.0. The molecule has 0 unspecified atom stereocenters. The largest absolute Gasteiger partial charge is 0.380 e. The molecule has 2 rings (SSSR count). The number of nitrogens with zero attached hydrogens (tertiary/aromatic N) is 1. The van der Waals surface area contributed by atoms with E-state index in [0.29, 0.717) is 17.1 Å². The van der Waals surface area contributed by atoms with Crippen molar-refractivity contribution in [1.29, 1.82) is 5.26 Å². The Balaban J connectivity index is 2.15. The van der Waals surface area contributed by atoms with Crippen LogP contribution in [0.2, 0.25) is 5.02 Å². The molecule has 1 N–H and O–H groups in total. The molecule has 2 aromatic carbocycles. The van der Waals surface area contributed by atoms with Gasteiger partial charge in [-0.05, 0) is 48.4 Å². The van der Waals surface area contributed by atoms with Crippen LogP contribution in [0.1, 0.15) is 16.7 Å². The molecule has 4 heteroatoms. The fraction of sp³-hybridized carbons (Fsp3) is 0.133. The van der Waals surface area contributed by atoms with Crippen molar-refractivity contribution in [3.8, 4) is 6.07 Å². The molecule has 96 valence electrons. The Morgan fingerprint density at radius 1 is 1.26 bits per heavy atom. The molecule has 0 saturated carbocycles. The highest BCUT2D eigenvalue weighted by molar-refractivity contribution is 9.10. The molecule has 2 nitrogen and oxygen atoms in total. The molecule has 0 heterocycles. The molecule has 0 aliphatic heterocycles. The monoisotopic (exact) mass is 334 g/mol. The topological polar surface area (TPSA) is 35.8 Å². The highest BCUT2D eigenvalue weighted by Gasteiger charge is 2.03. The minimum absolute atomic E-state index is 0.674. The number of halogens is 2. The average Bonchev–Trinajstić information content (AvgIpc) is 2.40. The number of aryl methyl sites for hydroxylation is 1. The summed E-state index contributed by atoms with van der Waals surface area (Å²) in [4.78, 5) is 0. The second-order valence-electron chi connectivity index (χ2n) is 4.23. The lowest BCUT2D eigenvalue weighted by Crippen LogP contribution is -2.02. The summed E-state index contributed by atoms with van der Waals surface area (Å²) in [6.45, 7) is 2.67. The zero-order valence-electron chi connectivity index (χ0n) is 10.4. The Hall–Kier alpha value is -1.50. The van der Waals surface area contributed by atoms with E-state index in [9.17, 15) is 0 Å². The minimum Gasteiger partial charge on any atom is -0.380 e. The van der Waals surface area contributed by atoms with Gasteiger partial charge < -0.3 is 5.32 Å². The second kappa shape index (κ2) is 6.10. The van der Waals surface area contributed by atoms with Crippen LogP contribution in [0.5, 0.6) is 0 Å². The summed E-state index contributed by atoms with van der Waals surface area (Å²) in [6.07, 6.45) is 0. The molecule has 0 fully saturated rings. The van der Waals surface area contributed by atoms with Crippen LogP contribution in [0.3, 0.4) is 0 Å². The van der Waals surface area contributed by atoms with Crippen LogP contribution < -0.4 is 5.32 Å². The van der Waals surface area contributed by atoms with Gasteiger partial charge in [0.15, 0.2) is 0 Å². The van der Waals surface area contributed by atoms with Crippen molar-refractivity contribution in [1.82, 2.24) is 0 Å². The first-order valence-corrected chi connectivity index (χ1v) is 6.96. The molecular formula is C15H12BrClN2. The Bertz CT molecular complexity index is 647. The van der Waals surface area contributed by atoms with Crippen molar-refractivity contribution in [2.75, 3.05) is 5.32 Å². The molecule has 2 aromatic rings. The summed E-state index contributed by atoms with van der Waals surface area (Å²) in [5.41, 5.74) is 3.81. The van der Waals surface area contributed by atoms with E-state index >= 15 is 0 Å². The summed E-state index contributed by atoms with van der Waals surface area (Å²) in [5.74, 6) is 0. The maximum Gasteiger partial charge on any atom is 0.0991 e. The Labute approximate surface area is 126 Å². The lowest BCUT2D eigenvalue weighted by Gasteiger charge is -2.11. The predicted octanol–water partition coefficient (Wildman–Crippen LogP) is 4.89. The maximum atomic E-state index is 8.84. The summed E-state index contributed by atoms with van der Waals surface area (Å²) >= 11 is 9.54. The van der Waals surface area contributed by atoms with E-state index in [1.165, 1.54) is 0 Å². The van der Waals surface area contributed by atoms with Crippen molar-refractivity contribution >= 4 is 33.2 Å². The molecule has 0 atom stereocenters. The number of hydrogen-bond acceptors (Lipinski definition) is 2. The van der Waals surface area contributed by atoms with E-state index in [1.807, 2.05) is 43.3 Å². The molecule has 0 aliphatic carbocycles. The van der Waals surface area contributed by atoms with Gasteiger partial charge in [0.2, 0.25) is 0 Å². The quantitative estimate of drug-likeness (QED) is 0.866. The van der Waals surface area contributed by atoms with Gasteiger partial charge in [0.25, 0.3) is 0 Å². The van der Waals surface area contributed by atoms with Crippen LogP contribution >= 0.6 is 27.5 Å². The zero-order chi connectivity index (χ0) is 13.8. The standard InChI is InChI=1S/C15H12BrClN2/c1-10-6-11(8-18)2-3-12(10)9-19-15-7-13(16)4-5-14(15)17/h2-7,19H,9H2,1H3. The van der Waals surface area contributed by atoms with Crippen molar-refractivity contribution in [3.05, 3.63) is 62.6 Å². The smallest absolute Gasteiger partial charge is 0.0991 e. The van der Waals surface area contributed by atoms with Crippen LogP contribution in [0.15, 0.2) is 40.9 Å². The first kappa shape index (κ1) is 13.9. The maximum absolute atomic E-state index is 8.84. The Morgan fingerprint density at radius 2 is 2.05 bits per heavy atom. The Kier molecular flexibility index (Phi) is 4.47. The van der Waals surface area contributed by atoms with Gasteiger partial charge in [-0.1, -0.05) is 33.6 Å². The SMILES string of the molecule is Cc1cc(C#N)ccc1CNc1cc(Br)ccc1Cl. The molecule has 0 bridgehead atoms. The van der Waals surface area contributed by atoms with Crippen LogP contribution in [0.25, 0.3) is 0 Å². The van der Waals surface area contributed by atoms with Crippen molar-refractivity contribution in [2.24, 2.45) is 0 Å². The van der Waals surface area contributed by atoms with Gasteiger partial charge in [-0.3, -0.25) is 0 Å². The zero-order valence-corrected chi connectivity index (χ0v) is 12.7. The summed E-state index contributed by atoms with van der Waals surface area (Å²) in [5, 5.41) is 12.8. The van der Waals surface area contributed by atoms with E-state index in [4.69, 9.17) is 16.9 Å². The number of benzene rings is 2. The Morgan fingerprint density at radius 3 is 2.74 bits per heavy atom. The summed E-state index contributed by atoms with van der Waals surface area (Å²) < 4.78 is 0.982. The van der Waals surface area contributed by atoms with Crippen LogP contribution in [0.4, 0.5) is 5.69 Å². The third-order valence-electron chi connectivity index (χ3n) is 2.87. The molecule has 0 spiro atoms. The number of hydrogen-bond donors (Lipinski definition) is 1. The average molecular weight is 336 g/mol. The van der Waals surface area contributed by atoms with E-state index in [-0.39, 0.29) is 0 Å². The fourth-order valence-corrected chi connectivity index (χ4v) is 2.33. The number of nitriles is 1. The van der Waals surface area contributed by atoms with E-state index in [1.54, 1.807) is 0 Å². The predicted molar refractivity (Wildman–Crippen MR) is 82.4 cm³/mol. The third kappa shape index (κ3) is 3.50. The lowest BCUT2D eigenvalue weighted by atomic mass is 10.1. The second-order valence-corrected chi connectivity index (χ2v) is 5.55. The lowest BCUT2D eigenvalue weighted by molar-refractivity contribution is 1.12. The van der Waals surface area contributed by atoms with Crippen LogP contribution in [0, 0.1) is 18.3 Å². The number of anilines is 1. The molecule has 19 heavy (non-hydrogen) atoms. The van der Waals surface area contributed by atoms with Crippen LogP contribution in [-0.4, -0.2) is 0 Å². The fourth-order valence-electron chi connectivity index (χ4n) is 1.79. The minimum atomic E-state index is 0.674. The highest BCUT2D eigenvalue weighted by Crippen LogP contribution is 2.26. The molecule has 0 aromatic heterocycles. The summed E-state index contributed by atoms with van der Waals surface area (Å²) in [7, 11) is 0. The van der Waals surface area contributed by atoms with Gasteiger partial charge in [-0.2, -0.15) is 5.26 Å². The van der Waals surface area contributed by atoms with Crippen molar-refractivity contribution in [2.45, 2.75) is 13.5 Å². The molecule has 0 saturated heterocycles. The van der Waals surface area contributed by atoms with Gasteiger partial charge in [0.05, 0.1) is 22.3 Å². The number of nitrogens with one attached hydrogen (secondary N) is 1. The molecular weight excluding hydrogens is 324 g/mol. The molecule has 0 amide bonds. The van der Waals surface area contributed by atoms with Gasteiger partial charge >= 0.3 is 0 Å². The van der Waals surface area contributed by atoms with E-state index in [0.717, 1.165) is 21.3 Å². The number of rotatable bonds is 3. The first-order chi connectivity index (χ1) is 9.10. The van der Waals surface area contributed by atoms with Gasteiger partial charge in [-0.25, -0.2) is 0 Å². The highest BCUT2D eigenvalue weighted by atomic mass is 79.9. The molecule has 0 aliphatic rings. The first-order valence-electron chi connectivity index (χ1n) is 5.78. The van der Waals surface area contributed by atoms with Crippen molar-refractivity contribution < 1.29 is 0 Å².